The van der Waals surface area contributed by atoms with Gasteiger partial charge in [0.05, 0.1) is 22.3 Å². The maximum absolute atomic E-state index is 11.8. The van der Waals surface area contributed by atoms with Gasteiger partial charge in [0.15, 0.2) is 9.84 Å². The fourth-order valence-electron chi connectivity index (χ4n) is 1.39. The van der Waals surface area contributed by atoms with Gasteiger partial charge in [0, 0.05) is 6.42 Å². The first-order valence-corrected chi connectivity index (χ1v) is 6.90. The predicted octanol–water partition coefficient (Wildman–Crippen LogP) is 1.26. The van der Waals surface area contributed by atoms with Crippen molar-refractivity contribution >= 4 is 9.84 Å². The van der Waals surface area contributed by atoms with E-state index in [1.807, 2.05) is 6.07 Å². The summed E-state index contributed by atoms with van der Waals surface area (Å²) in [5, 5.41) is 8.15. The van der Waals surface area contributed by atoms with Crippen LogP contribution in [0.25, 0.3) is 0 Å². The Kier molecular flexibility index (Phi) is 4.27. The monoisotopic (exact) mass is 252 g/mol. The third-order valence-corrected chi connectivity index (χ3v) is 4.66. The zero-order valence-electron chi connectivity index (χ0n) is 9.92. The number of hydrogen-bond donors (Lipinski definition) is 1. The maximum Gasteiger partial charge on any atom is 0.180 e. The summed E-state index contributed by atoms with van der Waals surface area (Å²) in [6, 6.07) is 7.91. The van der Waals surface area contributed by atoms with E-state index in [0.29, 0.717) is 11.3 Å². The second-order valence-corrected chi connectivity index (χ2v) is 6.68. The van der Waals surface area contributed by atoms with Gasteiger partial charge in [0.1, 0.15) is 0 Å². The summed E-state index contributed by atoms with van der Waals surface area (Å²) in [6.07, 6.45) is 0.429. The van der Waals surface area contributed by atoms with Crippen LogP contribution in [-0.2, 0) is 16.3 Å². The molecule has 1 atom stereocenters. The average molecular weight is 252 g/mol. The van der Waals surface area contributed by atoms with Crippen LogP contribution in [0.1, 0.15) is 19.4 Å². The molecule has 0 saturated carbocycles. The lowest BCUT2D eigenvalue weighted by Gasteiger charge is -2.09. The first-order chi connectivity index (χ1) is 7.87. The van der Waals surface area contributed by atoms with Crippen LogP contribution < -0.4 is 5.73 Å². The second-order valence-electron chi connectivity index (χ2n) is 4.18. The number of benzene rings is 1. The third-order valence-electron chi connectivity index (χ3n) is 2.49. The molecule has 0 aromatic heterocycles. The summed E-state index contributed by atoms with van der Waals surface area (Å²) < 4.78 is 23.7. The van der Waals surface area contributed by atoms with Crippen LogP contribution in [0.4, 0.5) is 0 Å². The lowest BCUT2D eigenvalue weighted by atomic mass is 10.1. The topological polar surface area (TPSA) is 83.9 Å². The van der Waals surface area contributed by atoms with Gasteiger partial charge in [-0.25, -0.2) is 8.42 Å². The van der Waals surface area contributed by atoms with E-state index in [0.717, 1.165) is 5.56 Å². The molecule has 0 aliphatic carbocycles. The number of nitrogens with two attached hydrogens (primary N) is 1. The third kappa shape index (κ3) is 3.29. The van der Waals surface area contributed by atoms with Gasteiger partial charge in [-0.1, -0.05) is 12.1 Å². The quantitative estimate of drug-likeness (QED) is 0.874. The number of hydrogen-bond acceptors (Lipinski definition) is 4. The van der Waals surface area contributed by atoms with Crippen molar-refractivity contribution in [2.75, 3.05) is 0 Å². The molecule has 4 nitrogen and oxygen atoms in total. The Labute approximate surface area is 102 Å². The molecule has 5 heteroatoms. The molecular formula is C12H16N2O2S. The van der Waals surface area contributed by atoms with E-state index < -0.39 is 21.1 Å². The molecule has 0 bridgehead atoms. The van der Waals surface area contributed by atoms with Crippen LogP contribution in [0.15, 0.2) is 29.2 Å². The van der Waals surface area contributed by atoms with Crippen molar-refractivity contribution < 1.29 is 8.42 Å². The molecule has 17 heavy (non-hydrogen) atoms. The normalized spacial score (nSPS) is 13.4. The molecule has 0 fully saturated rings. The molecule has 0 aliphatic rings. The molecule has 0 heterocycles. The summed E-state index contributed by atoms with van der Waals surface area (Å²) in [7, 11) is -3.22. The summed E-state index contributed by atoms with van der Waals surface area (Å²) in [5.74, 6) is 0. The van der Waals surface area contributed by atoms with Gasteiger partial charge in [-0.05, 0) is 31.5 Å². The van der Waals surface area contributed by atoms with E-state index in [4.69, 9.17) is 11.0 Å². The van der Waals surface area contributed by atoms with Gasteiger partial charge in [-0.2, -0.15) is 5.26 Å². The van der Waals surface area contributed by atoms with Gasteiger partial charge in [-0.15, -0.1) is 0 Å². The molecule has 0 aliphatic heterocycles. The highest BCUT2D eigenvalue weighted by molar-refractivity contribution is 7.92. The minimum absolute atomic E-state index is 0.307. The van der Waals surface area contributed by atoms with Crippen LogP contribution in [0.2, 0.25) is 0 Å². The molecule has 0 saturated heterocycles. The average Bonchev–Trinajstić information content (AvgIpc) is 2.29. The highest BCUT2D eigenvalue weighted by atomic mass is 32.2. The molecule has 2 N–H and O–H groups in total. The Morgan fingerprint density at radius 2 is 1.82 bits per heavy atom. The van der Waals surface area contributed by atoms with Crippen LogP contribution in [-0.4, -0.2) is 19.7 Å². The van der Waals surface area contributed by atoms with E-state index in [1.54, 1.807) is 38.1 Å². The van der Waals surface area contributed by atoms with Crippen molar-refractivity contribution in [2.24, 2.45) is 5.73 Å². The van der Waals surface area contributed by atoms with Crippen molar-refractivity contribution in [1.82, 2.24) is 0 Å². The van der Waals surface area contributed by atoms with E-state index in [2.05, 4.69) is 0 Å². The molecule has 1 aromatic carbocycles. The number of sulfone groups is 1. The summed E-state index contributed by atoms with van der Waals surface area (Å²) in [6.45, 7) is 3.30. The smallest absolute Gasteiger partial charge is 0.180 e. The minimum Gasteiger partial charge on any atom is -0.316 e. The first-order valence-electron chi connectivity index (χ1n) is 5.36. The van der Waals surface area contributed by atoms with Crippen molar-refractivity contribution in [3.63, 3.8) is 0 Å². The van der Waals surface area contributed by atoms with Crippen molar-refractivity contribution in [1.29, 1.82) is 5.26 Å². The van der Waals surface area contributed by atoms with E-state index >= 15 is 0 Å². The highest BCUT2D eigenvalue weighted by Crippen LogP contribution is 2.16. The van der Waals surface area contributed by atoms with Gasteiger partial charge >= 0.3 is 0 Å². The number of rotatable bonds is 4. The Hall–Kier alpha value is -1.38. The van der Waals surface area contributed by atoms with Crippen molar-refractivity contribution in [3.05, 3.63) is 29.8 Å². The molecule has 0 amide bonds. The van der Waals surface area contributed by atoms with Crippen LogP contribution in [0.5, 0.6) is 0 Å². The molecule has 0 spiro atoms. The van der Waals surface area contributed by atoms with Gasteiger partial charge in [0.25, 0.3) is 0 Å². The van der Waals surface area contributed by atoms with E-state index in [-0.39, 0.29) is 0 Å². The minimum atomic E-state index is -3.22. The molecule has 0 radical (unpaired) electrons. The van der Waals surface area contributed by atoms with Crippen LogP contribution >= 0.6 is 0 Å². The maximum atomic E-state index is 11.8. The Morgan fingerprint density at radius 1 is 1.29 bits per heavy atom. The van der Waals surface area contributed by atoms with Crippen molar-refractivity contribution in [2.45, 2.75) is 36.5 Å². The summed E-state index contributed by atoms with van der Waals surface area (Å²) in [4.78, 5) is 0.307. The Morgan fingerprint density at radius 3 is 2.24 bits per heavy atom. The van der Waals surface area contributed by atoms with E-state index in [9.17, 15) is 8.42 Å². The fourth-order valence-corrected chi connectivity index (χ4v) is 2.45. The molecule has 92 valence electrons. The van der Waals surface area contributed by atoms with Gasteiger partial charge in [0.2, 0.25) is 0 Å². The summed E-state index contributed by atoms with van der Waals surface area (Å²) >= 11 is 0. The largest absolute Gasteiger partial charge is 0.316 e. The SMILES string of the molecule is CC(C)S(=O)(=O)c1ccc(CC(N)C#N)cc1. The molecule has 1 rings (SSSR count). The summed E-state index contributed by atoms with van der Waals surface area (Å²) in [5.41, 5.74) is 6.36. The first kappa shape index (κ1) is 13.7. The molecule has 1 unspecified atom stereocenters. The molecule has 1 aromatic rings. The Bertz CT molecular complexity index is 512. The number of nitriles is 1. The number of nitrogens with zero attached hydrogens (tertiary/aromatic N) is 1. The molecular weight excluding hydrogens is 236 g/mol. The van der Waals surface area contributed by atoms with Gasteiger partial charge in [-0.3, -0.25) is 0 Å². The lowest BCUT2D eigenvalue weighted by molar-refractivity contribution is 0.587. The van der Waals surface area contributed by atoms with Gasteiger partial charge < -0.3 is 5.73 Å². The Balaban J connectivity index is 2.94. The zero-order chi connectivity index (χ0) is 13.1. The second kappa shape index (κ2) is 5.30. The van der Waals surface area contributed by atoms with Crippen LogP contribution in [0, 0.1) is 11.3 Å². The van der Waals surface area contributed by atoms with Crippen molar-refractivity contribution in [3.8, 4) is 6.07 Å². The fraction of sp³-hybridized carbons (Fsp3) is 0.417. The standard InChI is InChI=1S/C12H16N2O2S/c1-9(2)17(15,16)12-5-3-10(4-6-12)7-11(14)8-13/h3-6,9,11H,7,14H2,1-2H3. The predicted molar refractivity (Wildman–Crippen MR) is 66.1 cm³/mol. The van der Waals surface area contributed by atoms with E-state index in [1.165, 1.54) is 0 Å². The lowest BCUT2D eigenvalue weighted by Crippen LogP contribution is -2.20. The van der Waals surface area contributed by atoms with Crippen LogP contribution in [0.3, 0.4) is 0 Å². The highest BCUT2D eigenvalue weighted by Gasteiger charge is 2.18. The zero-order valence-corrected chi connectivity index (χ0v) is 10.7.